The van der Waals surface area contributed by atoms with Gasteiger partial charge in [-0.3, -0.25) is 0 Å². The Morgan fingerprint density at radius 2 is 1.80 bits per heavy atom. The molecule has 0 aliphatic heterocycles. The SMILES string of the molecule is OC[C@@H](O)[C@@H](O)[C@H](O)C=[Se]. The van der Waals surface area contributed by atoms with Crippen LogP contribution >= 0.6 is 0 Å². The Bertz CT molecular complexity index is 108. The zero-order chi connectivity index (χ0) is 8.15. The third kappa shape index (κ3) is 2.88. The molecule has 60 valence electrons. The molecule has 0 heterocycles. The average molecular weight is 213 g/mol. The van der Waals surface area contributed by atoms with Gasteiger partial charge < -0.3 is 0 Å². The summed E-state index contributed by atoms with van der Waals surface area (Å²) in [6, 6.07) is 0. The molecule has 10 heavy (non-hydrogen) atoms. The van der Waals surface area contributed by atoms with Gasteiger partial charge in [0.05, 0.1) is 0 Å². The molecule has 0 aromatic heterocycles. The van der Waals surface area contributed by atoms with Crippen molar-refractivity contribution in [3.05, 3.63) is 0 Å². The quantitative estimate of drug-likeness (QED) is 0.376. The van der Waals surface area contributed by atoms with Crippen molar-refractivity contribution in [2.45, 2.75) is 18.3 Å². The normalized spacial score (nSPS) is 19.6. The van der Waals surface area contributed by atoms with Crippen LogP contribution < -0.4 is 0 Å². The van der Waals surface area contributed by atoms with Crippen LogP contribution in [-0.2, 0) is 0 Å². The van der Waals surface area contributed by atoms with Crippen LogP contribution in [0.25, 0.3) is 0 Å². The van der Waals surface area contributed by atoms with Gasteiger partial charge in [0.15, 0.2) is 0 Å². The second kappa shape index (κ2) is 4.96. The maximum atomic E-state index is 8.87. The number of hydrogen-bond donors (Lipinski definition) is 4. The summed E-state index contributed by atoms with van der Waals surface area (Å²) in [5.74, 6) is 0. The second-order valence-electron chi connectivity index (χ2n) is 1.87. The number of rotatable bonds is 4. The number of hydrogen-bond acceptors (Lipinski definition) is 4. The Balaban J connectivity index is 3.80. The topological polar surface area (TPSA) is 80.9 Å². The van der Waals surface area contributed by atoms with Crippen LogP contribution in [0.5, 0.6) is 0 Å². The molecule has 0 rings (SSSR count). The Hall–Kier alpha value is 0.229. The van der Waals surface area contributed by atoms with E-state index in [2.05, 4.69) is 15.6 Å². The Kier molecular flexibility index (Phi) is 5.07. The van der Waals surface area contributed by atoms with Crippen LogP contribution in [0.1, 0.15) is 0 Å². The second-order valence-corrected chi connectivity index (χ2v) is 2.44. The molecular weight excluding hydrogens is 203 g/mol. The first-order chi connectivity index (χ1) is 4.63. The Morgan fingerprint density at radius 1 is 1.30 bits per heavy atom. The fourth-order valence-corrected chi connectivity index (χ4v) is 0.754. The third-order valence-electron chi connectivity index (χ3n) is 1.07. The molecule has 5 heteroatoms. The van der Waals surface area contributed by atoms with Gasteiger partial charge in [-0.05, 0) is 0 Å². The van der Waals surface area contributed by atoms with Crippen LogP contribution in [0.15, 0.2) is 0 Å². The van der Waals surface area contributed by atoms with E-state index in [9.17, 15) is 0 Å². The summed E-state index contributed by atoms with van der Waals surface area (Å²) >= 11 is 2.37. The molecular formula is C5H10O4Se. The van der Waals surface area contributed by atoms with E-state index in [-0.39, 0.29) is 0 Å². The predicted molar refractivity (Wildman–Crippen MR) is 36.9 cm³/mol. The van der Waals surface area contributed by atoms with Gasteiger partial charge in [0, 0.05) is 0 Å². The summed E-state index contributed by atoms with van der Waals surface area (Å²) in [6.07, 6.45) is -3.76. The fourth-order valence-electron chi connectivity index (χ4n) is 0.416. The maximum absolute atomic E-state index is 8.87. The molecule has 0 aliphatic carbocycles. The first-order valence-corrected chi connectivity index (χ1v) is 3.72. The average Bonchev–Trinajstić information content (AvgIpc) is 2.00. The summed E-state index contributed by atoms with van der Waals surface area (Å²) in [6.45, 7) is -0.563. The molecule has 0 saturated carbocycles. The molecule has 3 atom stereocenters. The van der Waals surface area contributed by atoms with Crippen LogP contribution in [-0.4, -0.2) is 65.8 Å². The summed E-state index contributed by atoms with van der Waals surface area (Å²) in [4.78, 5) is 1.21. The van der Waals surface area contributed by atoms with Gasteiger partial charge in [0.2, 0.25) is 0 Å². The zero-order valence-corrected chi connectivity index (χ0v) is 6.93. The van der Waals surface area contributed by atoms with Gasteiger partial charge in [0.1, 0.15) is 0 Å². The van der Waals surface area contributed by atoms with E-state index in [1.807, 2.05) is 0 Å². The van der Waals surface area contributed by atoms with Crippen molar-refractivity contribution >= 4 is 20.5 Å². The molecule has 0 aromatic carbocycles. The molecule has 0 aromatic rings. The van der Waals surface area contributed by atoms with Crippen molar-refractivity contribution in [2.75, 3.05) is 6.61 Å². The summed E-state index contributed by atoms with van der Waals surface area (Å²) in [5.41, 5.74) is 0. The molecule has 4 N–H and O–H groups in total. The van der Waals surface area contributed by atoms with Gasteiger partial charge >= 0.3 is 65.8 Å². The van der Waals surface area contributed by atoms with Crippen molar-refractivity contribution in [1.29, 1.82) is 0 Å². The van der Waals surface area contributed by atoms with Gasteiger partial charge in [-0.15, -0.1) is 0 Å². The third-order valence-corrected chi connectivity index (χ3v) is 1.66. The molecule has 0 spiro atoms. The molecule has 0 unspecified atom stereocenters. The van der Waals surface area contributed by atoms with Gasteiger partial charge in [-0.2, -0.15) is 0 Å². The first kappa shape index (κ1) is 10.2. The van der Waals surface area contributed by atoms with Gasteiger partial charge in [0.25, 0.3) is 0 Å². The molecule has 0 fully saturated rings. The van der Waals surface area contributed by atoms with Crippen LogP contribution in [0.4, 0.5) is 0 Å². The molecule has 0 bridgehead atoms. The fraction of sp³-hybridized carbons (Fsp3) is 0.800. The van der Waals surface area contributed by atoms with Gasteiger partial charge in [-0.1, -0.05) is 0 Å². The van der Waals surface area contributed by atoms with E-state index in [1.165, 1.54) is 4.92 Å². The number of aliphatic hydroxyl groups excluding tert-OH is 4. The van der Waals surface area contributed by atoms with E-state index < -0.39 is 24.9 Å². The standard InChI is InChI=1S/C5H10O4Se/c6-1-3(7)5(9)4(8)2-10/h2-9H,1H2/t3-,4-,5-/m1/s1. The predicted octanol–water partition coefficient (Wildman–Crippen LogP) is -2.97. The molecule has 0 saturated heterocycles. The van der Waals surface area contributed by atoms with Crippen LogP contribution in [0, 0.1) is 0 Å². The van der Waals surface area contributed by atoms with E-state index in [1.54, 1.807) is 0 Å². The van der Waals surface area contributed by atoms with Crippen molar-refractivity contribution in [1.82, 2.24) is 0 Å². The van der Waals surface area contributed by atoms with Crippen LogP contribution in [0.3, 0.4) is 0 Å². The Labute approximate surface area is 66.5 Å². The van der Waals surface area contributed by atoms with Crippen molar-refractivity contribution in [3.8, 4) is 0 Å². The zero-order valence-electron chi connectivity index (χ0n) is 5.21. The summed E-state index contributed by atoms with van der Waals surface area (Å²) in [5, 5.41) is 34.7. The molecule has 4 nitrogen and oxygen atoms in total. The van der Waals surface area contributed by atoms with Crippen LogP contribution in [0.2, 0.25) is 0 Å². The number of aliphatic hydroxyl groups is 4. The van der Waals surface area contributed by atoms with E-state index in [4.69, 9.17) is 20.4 Å². The molecule has 0 radical (unpaired) electrons. The van der Waals surface area contributed by atoms with E-state index in [0.29, 0.717) is 0 Å². The summed E-state index contributed by atoms with van der Waals surface area (Å²) in [7, 11) is 0. The van der Waals surface area contributed by atoms with Crippen molar-refractivity contribution in [3.63, 3.8) is 0 Å². The molecule has 0 amide bonds. The minimum atomic E-state index is -1.33. The van der Waals surface area contributed by atoms with Gasteiger partial charge in [-0.25, -0.2) is 0 Å². The van der Waals surface area contributed by atoms with E-state index >= 15 is 0 Å². The Morgan fingerprint density at radius 3 is 2.10 bits per heavy atom. The van der Waals surface area contributed by atoms with Crippen molar-refractivity contribution in [2.24, 2.45) is 0 Å². The minimum absolute atomic E-state index is 0.563. The van der Waals surface area contributed by atoms with E-state index in [0.717, 1.165) is 0 Å². The van der Waals surface area contributed by atoms with Crippen molar-refractivity contribution < 1.29 is 20.4 Å². The first-order valence-electron chi connectivity index (χ1n) is 2.73. The molecule has 0 aliphatic rings. The monoisotopic (exact) mass is 214 g/mol. The summed E-state index contributed by atoms with van der Waals surface area (Å²) < 4.78 is 0.